The van der Waals surface area contributed by atoms with E-state index in [-0.39, 0.29) is 30.3 Å². The fraction of sp³-hybridized carbons (Fsp3) is 0.500. The fourth-order valence-corrected chi connectivity index (χ4v) is 3.57. The number of carbonyl (C=O) groups is 2. The van der Waals surface area contributed by atoms with E-state index in [1.54, 1.807) is 24.3 Å². The van der Waals surface area contributed by atoms with Crippen molar-refractivity contribution >= 4 is 29.1 Å². The first-order valence-electron chi connectivity index (χ1n) is 7.82. The maximum absolute atomic E-state index is 12.1. The lowest BCUT2D eigenvalue weighted by molar-refractivity contribution is -0.718. The van der Waals surface area contributed by atoms with Crippen molar-refractivity contribution in [1.29, 1.82) is 0 Å². The topological polar surface area (TPSA) is 74.8 Å². The number of halogens is 1. The van der Waals surface area contributed by atoms with Gasteiger partial charge in [-0.15, -0.1) is 0 Å². The minimum absolute atomic E-state index is 0.0237. The second-order valence-corrected chi connectivity index (χ2v) is 6.56. The minimum atomic E-state index is -0.335. The van der Waals surface area contributed by atoms with Crippen LogP contribution in [-0.2, 0) is 9.59 Å². The number of quaternary nitrogens is 1. The number of piperazine rings is 1. The summed E-state index contributed by atoms with van der Waals surface area (Å²) in [6.45, 7) is 0. The molecular formula is C16H21ClN3O2+. The predicted octanol–water partition coefficient (Wildman–Crippen LogP) is 1.04. The van der Waals surface area contributed by atoms with Gasteiger partial charge in [0.1, 0.15) is 6.04 Å². The zero-order valence-electron chi connectivity index (χ0n) is 12.3. The van der Waals surface area contributed by atoms with Crippen molar-refractivity contribution < 1.29 is 14.9 Å². The van der Waals surface area contributed by atoms with Crippen LogP contribution in [0.5, 0.6) is 0 Å². The number of carbonyl (C=O) groups excluding carboxylic acids is 2. The fourth-order valence-electron chi connectivity index (χ4n) is 3.38. The summed E-state index contributed by atoms with van der Waals surface area (Å²) in [5, 5.41) is 8.53. The molecule has 6 heteroatoms. The highest BCUT2D eigenvalue weighted by molar-refractivity contribution is 6.30. The summed E-state index contributed by atoms with van der Waals surface area (Å²) < 4.78 is 0. The lowest BCUT2D eigenvalue weighted by Crippen LogP contribution is -3.03. The SMILES string of the molecule is O=C(C[C@H]1[NH2+][C@@H]2CCCC[C@@H]2NC1=O)Nc1cccc(Cl)c1. The standard InChI is InChI=1S/C16H20ClN3O2/c17-10-4-3-5-11(8-10)18-15(21)9-14-16(22)20-13-7-2-1-6-12(13)19-14/h3-5,8,12-14,19H,1-2,6-7,9H2,(H,18,21)(H,20,22)/p+1/t12-,13+,14-/m1/s1. The molecule has 1 saturated carbocycles. The molecule has 2 aliphatic rings. The molecule has 0 radical (unpaired) electrons. The first-order chi connectivity index (χ1) is 10.6. The Hall–Kier alpha value is -1.59. The van der Waals surface area contributed by atoms with Crippen LogP contribution in [0.3, 0.4) is 0 Å². The van der Waals surface area contributed by atoms with Crippen LogP contribution in [0.4, 0.5) is 5.69 Å². The van der Waals surface area contributed by atoms with E-state index < -0.39 is 0 Å². The van der Waals surface area contributed by atoms with Crippen molar-refractivity contribution in [3.05, 3.63) is 29.3 Å². The van der Waals surface area contributed by atoms with E-state index in [4.69, 9.17) is 11.6 Å². The predicted molar refractivity (Wildman–Crippen MR) is 84.6 cm³/mol. The molecule has 1 aromatic carbocycles. The Morgan fingerprint density at radius 1 is 1.36 bits per heavy atom. The Kier molecular flexibility index (Phi) is 4.64. The first kappa shape index (κ1) is 15.3. The van der Waals surface area contributed by atoms with Crippen LogP contribution in [0.2, 0.25) is 5.02 Å². The van der Waals surface area contributed by atoms with Crippen LogP contribution >= 0.6 is 11.6 Å². The quantitative estimate of drug-likeness (QED) is 0.778. The van der Waals surface area contributed by atoms with Crippen LogP contribution in [0.1, 0.15) is 32.1 Å². The summed E-state index contributed by atoms with van der Waals surface area (Å²) in [7, 11) is 0. The van der Waals surface area contributed by atoms with Crippen LogP contribution in [0.25, 0.3) is 0 Å². The largest absolute Gasteiger partial charge is 0.342 e. The molecule has 0 bridgehead atoms. The van der Waals surface area contributed by atoms with Gasteiger partial charge in [-0.2, -0.15) is 0 Å². The summed E-state index contributed by atoms with van der Waals surface area (Å²) >= 11 is 5.90. The van der Waals surface area contributed by atoms with Gasteiger partial charge >= 0.3 is 0 Å². The van der Waals surface area contributed by atoms with Crippen molar-refractivity contribution in [3.63, 3.8) is 0 Å². The van der Waals surface area contributed by atoms with E-state index in [1.807, 2.05) is 0 Å². The third-order valence-electron chi connectivity index (χ3n) is 4.48. The number of fused-ring (bicyclic) bond motifs is 1. The Morgan fingerprint density at radius 3 is 3.00 bits per heavy atom. The molecule has 1 aliphatic heterocycles. The smallest absolute Gasteiger partial charge is 0.279 e. The van der Waals surface area contributed by atoms with Crippen LogP contribution in [-0.4, -0.2) is 29.9 Å². The van der Waals surface area contributed by atoms with Crippen molar-refractivity contribution in [2.45, 2.75) is 50.2 Å². The molecule has 118 valence electrons. The molecule has 1 aromatic rings. The summed E-state index contributed by atoms with van der Waals surface area (Å²) in [6, 6.07) is 7.36. The summed E-state index contributed by atoms with van der Waals surface area (Å²) in [5.74, 6) is -0.183. The maximum Gasteiger partial charge on any atom is 0.279 e. The van der Waals surface area contributed by atoms with Gasteiger partial charge < -0.3 is 16.0 Å². The molecule has 22 heavy (non-hydrogen) atoms. The van der Waals surface area contributed by atoms with Gasteiger partial charge in [0.05, 0.1) is 12.5 Å². The molecule has 3 atom stereocenters. The number of benzene rings is 1. The Morgan fingerprint density at radius 2 is 2.18 bits per heavy atom. The zero-order valence-corrected chi connectivity index (χ0v) is 13.1. The lowest BCUT2D eigenvalue weighted by atomic mass is 9.87. The molecule has 2 fully saturated rings. The first-order valence-corrected chi connectivity index (χ1v) is 8.20. The van der Waals surface area contributed by atoms with Gasteiger partial charge in [-0.3, -0.25) is 9.59 Å². The van der Waals surface area contributed by atoms with Crippen molar-refractivity contribution in [3.8, 4) is 0 Å². The highest BCUT2D eigenvalue weighted by Crippen LogP contribution is 2.19. The molecule has 4 N–H and O–H groups in total. The summed E-state index contributed by atoms with van der Waals surface area (Å²) in [4.78, 5) is 24.3. The van der Waals surface area contributed by atoms with Gasteiger partial charge in [-0.25, -0.2) is 0 Å². The Balaban J connectivity index is 1.57. The molecule has 0 unspecified atom stereocenters. The second-order valence-electron chi connectivity index (χ2n) is 6.12. The summed E-state index contributed by atoms with van der Waals surface area (Å²) in [5.41, 5.74) is 0.657. The molecule has 0 spiro atoms. The third-order valence-corrected chi connectivity index (χ3v) is 4.71. The molecule has 1 aliphatic carbocycles. The van der Waals surface area contributed by atoms with E-state index in [0.29, 0.717) is 16.8 Å². The van der Waals surface area contributed by atoms with Crippen molar-refractivity contribution in [2.75, 3.05) is 5.32 Å². The highest BCUT2D eigenvalue weighted by atomic mass is 35.5. The second kappa shape index (κ2) is 6.67. The molecule has 2 amide bonds. The Labute approximate surface area is 134 Å². The van der Waals surface area contributed by atoms with Crippen molar-refractivity contribution in [1.82, 2.24) is 5.32 Å². The number of nitrogens with one attached hydrogen (secondary N) is 2. The number of amides is 2. The monoisotopic (exact) mass is 322 g/mol. The van der Waals surface area contributed by atoms with E-state index in [2.05, 4.69) is 16.0 Å². The maximum atomic E-state index is 12.1. The molecule has 5 nitrogen and oxygen atoms in total. The molecule has 1 saturated heterocycles. The van der Waals surface area contributed by atoms with E-state index >= 15 is 0 Å². The summed E-state index contributed by atoms with van der Waals surface area (Å²) in [6.07, 6.45) is 4.72. The Bertz CT molecular complexity index is 578. The normalized spacial score (nSPS) is 27.7. The molecular weight excluding hydrogens is 302 g/mol. The minimum Gasteiger partial charge on any atom is -0.342 e. The van der Waals surface area contributed by atoms with Crippen LogP contribution in [0, 0.1) is 0 Å². The molecule has 1 heterocycles. The van der Waals surface area contributed by atoms with E-state index in [0.717, 1.165) is 12.8 Å². The van der Waals surface area contributed by atoms with Gasteiger partial charge in [0.15, 0.2) is 6.04 Å². The van der Waals surface area contributed by atoms with E-state index in [1.165, 1.54) is 12.8 Å². The van der Waals surface area contributed by atoms with Crippen LogP contribution in [0.15, 0.2) is 24.3 Å². The van der Waals surface area contributed by atoms with Gasteiger partial charge in [-0.05, 0) is 31.0 Å². The van der Waals surface area contributed by atoms with Gasteiger partial charge in [0, 0.05) is 17.1 Å². The number of hydrogen-bond acceptors (Lipinski definition) is 2. The molecule has 3 rings (SSSR count). The van der Waals surface area contributed by atoms with Gasteiger partial charge in [-0.1, -0.05) is 24.1 Å². The van der Waals surface area contributed by atoms with E-state index in [9.17, 15) is 9.59 Å². The number of rotatable bonds is 3. The number of anilines is 1. The zero-order chi connectivity index (χ0) is 15.5. The lowest BCUT2D eigenvalue weighted by Gasteiger charge is -2.37. The third kappa shape index (κ3) is 3.59. The van der Waals surface area contributed by atoms with Gasteiger partial charge in [0.25, 0.3) is 5.91 Å². The highest BCUT2D eigenvalue weighted by Gasteiger charge is 2.40. The average molecular weight is 323 g/mol. The number of nitrogens with two attached hydrogens (primary N) is 1. The van der Waals surface area contributed by atoms with Crippen molar-refractivity contribution in [2.24, 2.45) is 0 Å². The van der Waals surface area contributed by atoms with Gasteiger partial charge in [0.2, 0.25) is 5.91 Å². The number of hydrogen-bond donors (Lipinski definition) is 3. The van der Waals surface area contributed by atoms with Crippen LogP contribution < -0.4 is 16.0 Å². The molecule has 0 aromatic heterocycles. The average Bonchev–Trinajstić information content (AvgIpc) is 2.48.